The van der Waals surface area contributed by atoms with Crippen LogP contribution in [0, 0.1) is 6.92 Å². The Labute approximate surface area is 86.3 Å². The van der Waals surface area contributed by atoms with E-state index < -0.39 is 0 Å². The number of hydrogen-bond donors (Lipinski definition) is 1. The molecule has 0 bridgehead atoms. The van der Waals surface area contributed by atoms with Crippen molar-refractivity contribution in [1.29, 1.82) is 0 Å². The Morgan fingerprint density at radius 1 is 1.36 bits per heavy atom. The molecule has 1 aromatic carbocycles. The van der Waals surface area contributed by atoms with Gasteiger partial charge in [-0.1, -0.05) is 24.6 Å². The van der Waals surface area contributed by atoms with Gasteiger partial charge in [-0.2, -0.15) is 0 Å². The van der Waals surface area contributed by atoms with Gasteiger partial charge in [-0.3, -0.25) is 0 Å². The standard InChI is InChI=1S/C13H19N/c1-3-13(14)12-8-9(2)7-10-5-4-6-11(10)12/h7-8,13H,3-6,14H2,1-2H3. The minimum absolute atomic E-state index is 0.238. The first-order valence-corrected chi connectivity index (χ1v) is 5.60. The minimum Gasteiger partial charge on any atom is -0.324 e. The zero-order valence-corrected chi connectivity index (χ0v) is 9.14. The van der Waals surface area contributed by atoms with Crippen LogP contribution in [0.25, 0.3) is 0 Å². The Balaban J connectivity index is 2.48. The Morgan fingerprint density at radius 2 is 2.14 bits per heavy atom. The van der Waals surface area contributed by atoms with Gasteiger partial charge in [-0.15, -0.1) is 0 Å². The van der Waals surface area contributed by atoms with E-state index in [0.717, 1.165) is 6.42 Å². The number of rotatable bonds is 2. The molecule has 0 amide bonds. The first kappa shape index (κ1) is 9.72. The maximum Gasteiger partial charge on any atom is 0.0295 e. The zero-order chi connectivity index (χ0) is 10.1. The highest BCUT2D eigenvalue weighted by Crippen LogP contribution is 2.30. The van der Waals surface area contributed by atoms with Gasteiger partial charge in [0.15, 0.2) is 0 Å². The van der Waals surface area contributed by atoms with Crippen molar-refractivity contribution >= 4 is 0 Å². The molecule has 2 N–H and O–H groups in total. The van der Waals surface area contributed by atoms with Crippen LogP contribution in [0.3, 0.4) is 0 Å². The number of hydrogen-bond acceptors (Lipinski definition) is 1. The predicted octanol–water partition coefficient (Wildman–Crippen LogP) is 2.89. The van der Waals surface area contributed by atoms with E-state index in [0.29, 0.717) is 0 Å². The molecule has 1 aliphatic rings. The van der Waals surface area contributed by atoms with E-state index in [4.69, 9.17) is 5.73 Å². The summed E-state index contributed by atoms with van der Waals surface area (Å²) < 4.78 is 0. The van der Waals surface area contributed by atoms with Gasteiger partial charge >= 0.3 is 0 Å². The topological polar surface area (TPSA) is 26.0 Å². The molecule has 0 aromatic heterocycles. The maximum atomic E-state index is 6.14. The van der Waals surface area contributed by atoms with Crippen LogP contribution < -0.4 is 5.73 Å². The molecule has 14 heavy (non-hydrogen) atoms. The molecule has 0 spiro atoms. The fourth-order valence-electron chi connectivity index (χ4n) is 2.46. The third-order valence-corrected chi connectivity index (χ3v) is 3.23. The summed E-state index contributed by atoms with van der Waals surface area (Å²) in [7, 11) is 0. The van der Waals surface area contributed by atoms with Crippen LogP contribution in [0.15, 0.2) is 12.1 Å². The fraction of sp³-hybridized carbons (Fsp3) is 0.538. The molecule has 0 saturated carbocycles. The van der Waals surface area contributed by atoms with Gasteiger partial charge in [0.2, 0.25) is 0 Å². The summed E-state index contributed by atoms with van der Waals surface area (Å²) in [6.07, 6.45) is 4.83. The summed E-state index contributed by atoms with van der Waals surface area (Å²) in [5.41, 5.74) is 12.0. The summed E-state index contributed by atoms with van der Waals surface area (Å²) in [6.45, 7) is 4.33. The molecule has 0 radical (unpaired) electrons. The van der Waals surface area contributed by atoms with E-state index in [-0.39, 0.29) is 6.04 Å². The number of nitrogens with two attached hydrogens (primary N) is 1. The molecule has 0 fully saturated rings. The number of aryl methyl sites for hydroxylation is 2. The monoisotopic (exact) mass is 189 g/mol. The van der Waals surface area contributed by atoms with E-state index in [1.807, 2.05) is 0 Å². The van der Waals surface area contributed by atoms with Crippen LogP contribution >= 0.6 is 0 Å². The van der Waals surface area contributed by atoms with Crippen LogP contribution in [0.4, 0.5) is 0 Å². The predicted molar refractivity (Wildman–Crippen MR) is 60.4 cm³/mol. The first-order chi connectivity index (χ1) is 6.72. The van der Waals surface area contributed by atoms with Crippen LogP contribution in [-0.2, 0) is 12.8 Å². The molecule has 0 aliphatic heterocycles. The highest BCUT2D eigenvalue weighted by molar-refractivity contribution is 5.43. The molecular formula is C13H19N. The van der Waals surface area contributed by atoms with Crippen molar-refractivity contribution in [3.05, 3.63) is 34.4 Å². The normalized spacial score (nSPS) is 16.8. The average Bonchev–Trinajstić information content (AvgIpc) is 2.62. The van der Waals surface area contributed by atoms with Gasteiger partial charge in [0, 0.05) is 6.04 Å². The lowest BCUT2D eigenvalue weighted by molar-refractivity contribution is 0.689. The van der Waals surface area contributed by atoms with E-state index >= 15 is 0 Å². The smallest absolute Gasteiger partial charge is 0.0295 e. The average molecular weight is 189 g/mol. The first-order valence-electron chi connectivity index (χ1n) is 5.60. The Bertz CT molecular complexity index is 341. The zero-order valence-electron chi connectivity index (χ0n) is 9.14. The van der Waals surface area contributed by atoms with Gasteiger partial charge in [-0.25, -0.2) is 0 Å². The SMILES string of the molecule is CCC(N)c1cc(C)cc2c1CCC2. The van der Waals surface area contributed by atoms with Crippen molar-refractivity contribution in [2.24, 2.45) is 5.73 Å². The van der Waals surface area contributed by atoms with Gasteiger partial charge in [0.05, 0.1) is 0 Å². The molecular weight excluding hydrogens is 170 g/mol. The maximum absolute atomic E-state index is 6.14. The Kier molecular flexibility index (Phi) is 2.60. The quantitative estimate of drug-likeness (QED) is 0.760. The van der Waals surface area contributed by atoms with Crippen molar-refractivity contribution in [2.45, 2.75) is 45.6 Å². The van der Waals surface area contributed by atoms with Crippen molar-refractivity contribution in [3.8, 4) is 0 Å². The van der Waals surface area contributed by atoms with E-state index in [9.17, 15) is 0 Å². The van der Waals surface area contributed by atoms with Gasteiger partial charge < -0.3 is 5.73 Å². The van der Waals surface area contributed by atoms with Crippen molar-refractivity contribution in [2.75, 3.05) is 0 Å². The molecule has 1 unspecified atom stereocenters. The second-order valence-corrected chi connectivity index (χ2v) is 4.36. The minimum atomic E-state index is 0.238. The van der Waals surface area contributed by atoms with Crippen molar-refractivity contribution < 1.29 is 0 Å². The molecule has 1 aliphatic carbocycles. The van der Waals surface area contributed by atoms with Crippen LogP contribution in [0.5, 0.6) is 0 Å². The molecule has 1 atom stereocenters. The largest absolute Gasteiger partial charge is 0.324 e. The van der Waals surface area contributed by atoms with Gasteiger partial charge in [0.1, 0.15) is 0 Å². The Morgan fingerprint density at radius 3 is 2.86 bits per heavy atom. The van der Waals surface area contributed by atoms with Crippen LogP contribution in [0.2, 0.25) is 0 Å². The van der Waals surface area contributed by atoms with E-state index in [2.05, 4.69) is 26.0 Å². The lowest BCUT2D eigenvalue weighted by atomic mass is 9.94. The fourth-order valence-corrected chi connectivity index (χ4v) is 2.46. The van der Waals surface area contributed by atoms with E-state index in [1.54, 1.807) is 11.1 Å². The number of benzene rings is 1. The van der Waals surface area contributed by atoms with Gasteiger partial charge in [0.25, 0.3) is 0 Å². The molecule has 0 saturated heterocycles. The summed E-state index contributed by atoms with van der Waals surface area (Å²) in [5.74, 6) is 0. The van der Waals surface area contributed by atoms with E-state index in [1.165, 1.54) is 30.4 Å². The lowest BCUT2D eigenvalue weighted by Gasteiger charge is -2.15. The molecule has 2 rings (SSSR count). The van der Waals surface area contributed by atoms with Crippen LogP contribution in [0.1, 0.15) is 48.1 Å². The van der Waals surface area contributed by atoms with Crippen molar-refractivity contribution in [1.82, 2.24) is 0 Å². The molecule has 0 heterocycles. The second-order valence-electron chi connectivity index (χ2n) is 4.36. The summed E-state index contributed by atoms with van der Waals surface area (Å²) in [6, 6.07) is 4.84. The molecule has 76 valence electrons. The lowest BCUT2D eigenvalue weighted by Crippen LogP contribution is -2.11. The summed E-state index contributed by atoms with van der Waals surface area (Å²) in [4.78, 5) is 0. The molecule has 1 nitrogen and oxygen atoms in total. The van der Waals surface area contributed by atoms with Gasteiger partial charge in [-0.05, 0) is 49.3 Å². The Hall–Kier alpha value is -0.820. The number of fused-ring (bicyclic) bond motifs is 1. The highest BCUT2D eigenvalue weighted by atomic mass is 14.6. The van der Waals surface area contributed by atoms with Crippen molar-refractivity contribution in [3.63, 3.8) is 0 Å². The summed E-state index contributed by atoms with van der Waals surface area (Å²) >= 11 is 0. The molecule has 1 heteroatoms. The molecule has 1 aromatic rings. The highest BCUT2D eigenvalue weighted by Gasteiger charge is 2.18. The van der Waals surface area contributed by atoms with Crippen LogP contribution in [-0.4, -0.2) is 0 Å². The third-order valence-electron chi connectivity index (χ3n) is 3.23. The third kappa shape index (κ3) is 1.57. The second kappa shape index (κ2) is 3.74. The summed E-state index contributed by atoms with van der Waals surface area (Å²) in [5, 5.41) is 0.